The van der Waals surface area contributed by atoms with Crippen LogP contribution in [0.2, 0.25) is 0 Å². The Morgan fingerprint density at radius 3 is 2.11 bits per heavy atom. The molecule has 0 spiro atoms. The van der Waals surface area contributed by atoms with Crippen molar-refractivity contribution in [2.24, 2.45) is 11.3 Å². The summed E-state index contributed by atoms with van der Waals surface area (Å²) in [5, 5.41) is 12.9. The number of nitrogens with one attached hydrogen (secondary N) is 1. The van der Waals surface area contributed by atoms with E-state index in [0.29, 0.717) is 12.8 Å². The van der Waals surface area contributed by atoms with E-state index >= 15 is 0 Å². The molecule has 0 amide bonds. The van der Waals surface area contributed by atoms with Crippen molar-refractivity contribution >= 4 is 0 Å². The Morgan fingerprint density at radius 2 is 1.63 bits per heavy atom. The van der Waals surface area contributed by atoms with E-state index in [9.17, 15) is 18.3 Å². The van der Waals surface area contributed by atoms with Gasteiger partial charge in [-0.25, -0.2) is 0 Å². The third kappa shape index (κ3) is 3.85. The molecule has 2 nitrogen and oxygen atoms in total. The molecule has 0 atom stereocenters. The average Bonchev–Trinajstić information content (AvgIpc) is 2.85. The first-order valence-corrected chi connectivity index (χ1v) is 7.36. The fraction of sp³-hybridized carbons (Fsp3) is 1.00. The zero-order chi connectivity index (χ0) is 13.9. The van der Waals surface area contributed by atoms with Crippen LogP contribution in [0.25, 0.3) is 0 Å². The van der Waals surface area contributed by atoms with Gasteiger partial charge < -0.3 is 10.4 Å². The monoisotopic (exact) mass is 279 g/mol. The molecule has 0 aromatic rings. The second-order valence-corrected chi connectivity index (χ2v) is 6.34. The van der Waals surface area contributed by atoms with Crippen LogP contribution in [-0.2, 0) is 0 Å². The number of aliphatic hydroxyl groups excluding tert-OH is 1. The first kappa shape index (κ1) is 15.1. The number of alkyl halides is 3. The lowest BCUT2D eigenvalue weighted by atomic mass is 9.83. The van der Waals surface area contributed by atoms with Crippen LogP contribution in [0.15, 0.2) is 0 Å². The van der Waals surface area contributed by atoms with Gasteiger partial charge in [0.2, 0.25) is 0 Å². The Hall–Kier alpha value is -0.290. The highest BCUT2D eigenvalue weighted by Crippen LogP contribution is 2.39. The molecule has 2 rings (SSSR count). The average molecular weight is 279 g/mol. The minimum atomic E-state index is -4.03. The van der Waals surface area contributed by atoms with Gasteiger partial charge in [-0.15, -0.1) is 0 Å². The number of halogens is 3. The van der Waals surface area contributed by atoms with E-state index in [-0.39, 0.29) is 30.9 Å². The zero-order valence-corrected chi connectivity index (χ0v) is 11.3. The van der Waals surface area contributed by atoms with Gasteiger partial charge in [0, 0.05) is 24.6 Å². The predicted octanol–water partition coefficient (Wildman–Crippen LogP) is 3.25. The molecule has 2 saturated carbocycles. The van der Waals surface area contributed by atoms with Crippen LogP contribution in [0.4, 0.5) is 13.2 Å². The molecular weight excluding hydrogens is 255 g/mol. The van der Waals surface area contributed by atoms with E-state index in [4.69, 9.17) is 0 Å². The molecule has 2 N–H and O–H groups in total. The summed E-state index contributed by atoms with van der Waals surface area (Å²) >= 11 is 0. The van der Waals surface area contributed by atoms with Gasteiger partial charge in [0.15, 0.2) is 0 Å². The van der Waals surface area contributed by atoms with Crippen LogP contribution in [0.3, 0.4) is 0 Å². The molecule has 0 aromatic carbocycles. The third-order valence-corrected chi connectivity index (χ3v) is 4.96. The van der Waals surface area contributed by atoms with E-state index in [1.807, 2.05) is 0 Å². The van der Waals surface area contributed by atoms with E-state index in [1.54, 1.807) is 0 Å². The van der Waals surface area contributed by atoms with E-state index in [2.05, 4.69) is 5.32 Å². The van der Waals surface area contributed by atoms with Crippen LogP contribution in [-0.4, -0.2) is 30.5 Å². The topological polar surface area (TPSA) is 32.3 Å². The molecule has 2 aliphatic rings. The minimum Gasteiger partial charge on any atom is -0.396 e. The highest BCUT2D eigenvalue weighted by atomic mass is 19.4. The van der Waals surface area contributed by atoms with Crippen molar-refractivity contribution in [3.05, 3.63) is 0 Å². The largest absolute Gasteiger partial charge is 0.396 e. The molecule has 2 fully saturated rings. The molecule has 0 aliphatic heterocycles. The van der Waals surface area contributed by atoms with Crippen LogP contribution < -0.4 is 5.32 Å². The van der Waals surface area contributed by atoms with Gasteiger partial charge >= 0.3 is 6.18 Å². The maximum absolute atomic E-state index is 12.6. The summed E-state index contributed by atoms with van der Waals surface area (Å²) in [6.07, 6.45) is 2.05. The van der Waals surface area contributed by atoms with Crippen LogP contribution in [0.5, 0.6) is 0 Å². The van der Waals surface area contributed by atoms with Gasteiger partial charge in [-0.3, -0.25) is 0 Å². The maximum atomic E-state index is 12.6. The Balaban J connectivity index is 1.74. The first-order valence-electron chi connectivity index (χ1n) is 7.36. The Labute approximate surface area is 112 Å². The lowest BCUT2D eigenvalue weighted by Crippen LogP contribution is -2.43. The quantitative estimate of drug-likeness (QED) is 0.828. The van der Waals surface area contributed by atoms with E-state index in [0.717, 1.165) is 32.2 Å². The van der Waals surface area contributed by atoms with Crippen molar-refractivity contribution in [2.75, 3.05) is 13.2 Å². The van der Waals surface area contributed by atoms with Gasteiger partial charge in [-0.1, -0.05) is 12.8 Å². The summed E-state index contributed by atoms with van der Waals surface area (Å²) in [6, 6.07) is 0.197. The van der Waals surface area contributed by atoms with Gasteiger partial charge in [0.05, 0.1) is 5.92 Å². The van der Waals surface area contributed by atoms with Gasteiger partial charge in [0.25, 0.3) is 0 Å². The lowest BCUT2D eigenvalue weighted by molar-refractivity contribution is -0.182. The molecule has 5 heteroatoms. The normalized spacial score (nSPS) is 31.6. The molecule has 19 heavy (non-hydrogen) atoms. The van der Waals surface area contributed by atoms with Crippen molar-refractivity contribution in [2.45, 2.75) is 63.6 Å². The van der Waals surface area contributed by atoms with Crippen molar-refractivity contribution in [3.63, 3.8) is 0 Å². The van der Waals surface area contributed by atoms with Crippen LogP contribution in [0, 0.1) is 11.3 Å². The second kappa shape index (κ2) is 6.00. The Bertz CT molecular complexity index is 279. The summed E-state index contributed by atoms with van der Waals surface area (Å²) in [7, 11) is 0. The molecule has 0 unspecified atom stereocenters. The highest BCUT2D eigenvalue weighted by molar-refractivity contribution is 4.88. The Morgan fingerprint density at radius 1 is 1.05 bits per heavy atom. The SMILES string of the molecule is OCC1(CNC2CCC(C(F)(F)F)CC2)CCCC1. The van der Waals surface area contributed by atoms with Gasteiger partial charge in [-0.05, 0) is 38.5 Å². The summed E-state index contributed by atoms with van der Waals surface area (Å²) in [5.74, 6) is -1.11. The molecular formula is C14H24F3NO. The minimum absolute atomic E-state index is 0.0130. The maximum Gasteiger partial charge on any atom is 0.391 e. The van der Waals surface area contributed by atoms with Gasteiger partial charge in [0.1, 0.15) is 0 Å². The molecule has 2 aliphatic carbocycles. The molecule has 0 bridgehead atoms. The van der Waals surface area contributed by atoms with Crippen LogP contribution in [0.1, 0.15) is 51.4 Å². The smallest absolute Gasteiger partial charge is 0.391 e. The number of hydrogen-bond donors (Lipinski definition) is 2. The number of aliphatic hydroxyl groups is 1. The summed E-state index contributed by atoms with van der Waals surface area (Å²) in [4.78, 5) is 0. The van der Waals surface area contributed by atoms with Gasteiger partial charge in [-0.2, -0.15) is 13.2 Å². The standard InChI is InChI=1S/C14H24F3NO/c15-14(16,17)11-3-5-12(6-4-11)18-9-13(10-19)7-1-2-8-13/h11-12,18-19H,1-10H2. The van der Waals surface area contributed by atoms with Crippen molar-refractivity contribution in [1.29, 1.82) is 0 Å². The highest BCUT2D eigenvalue weighted by Gasteiger charge is 2.41. The number of hydrogen-bond acceptors (Lipinski definition) is 2. The lowest BCUT2D eigenvalue weighted by Gasteiger charge is -2.34. The van der Waals surface area contributed by atoms with Crippen molar-refractivity contribution < 1.29 is 18.3 Å². The fourth-order valence-electron chi connectivity index (χ4n) is 3.50. The van der Waals surface area contributed by atoms with Crippen molar-refractivity contribution in [1.82, 2.24) is 5.32 Å². The Kier molecular flexibility index (Phi) is 4.77. The summed E-state index contributed by atoms with van der Waals surface area (Å²) in [6.45, 7) is 0.947. The molecule has 112 valence electrons. The predicted molar refractivity (Wildman–Crippen MR) is 67.8 cm³/mol. The number of rotatable bonds is 4. The second-order valence-electron chi connectivity index (χ2n) is 6.34. The van der Waals surface area contributed by atoms with Crippen LogP contribution >= 0.6 is 0 Å². The van der Waals surface area contributed by atoms with E-state index in [1.165, 1.54) is 0 Å². The fourth-order valence-corrected chi connectivity index (χ4v) is 3.50. The summed E-state index contributed by atoms with van der Waals surface area (Å²) in [5.41, 5.74) is -0.0130. The van der Waals surface area contributed by atoms with E-state index < -0.39 is 12.1 Å². The zero-order valence-electron chi connectivity index (χ0n) is 11.3. The molecule has 0 heterocycles. The van der Waals surface area contributed by atoms with Crippen molar-refractivity contribution in [3.8, 4) is 0 Å². The molecule has 0 aromatic heterocycles. The first-order chi connectivity index (χ1) is 8.95. The molecule has 0 radical (unpaired) electrons. The molecule has 0 saturated heterocycles. The summed E-state index contributed by atoms with van der Waals surface area (Å²) < 4.78 is 37.7. The third-order valence-electron chi connectivity index (χ3n) is 4.96.